The van der Waals surface area contributed by atoms with Gasteiger partial charge in [-0.15, -0.1) is 6.42 Å². The lowest BCUT2D eigenvalue weighted by molar-refractivity contribution is 0.0312. The Balaban J connectivity index is 2.09. The smallest absolute Gasteiger partial charge is 0.242 e. The van der Waals surface area contributed by atoms with Crippen molar-refractivity contribution in [2.75, 3.05) is 12.4 Å². The lowest BCUT2D eigenvalue weighted by atomic mass is 9.82. The molecule has 1 aliphatic heterocycles. The van der Waals surface area contributed by atoms with Gasteiger partial charge in [-0.3, -0.25) is 0 Å². The third-order valence-electron chi connectivity index (χ3n) is 3.63. The Kier molecular flexibility index (Phi) is 4.25. The third kappa shape index (κ3) is 3.33. The molecule has 1 aromatic rings. The van der Waals surface area contributed by atoms with Gasteiger partial charge in [0, 0.05) is 17.0 Å². The summed E-state index contributed by atoms with van der Waals surface area (Å²) in [7, 11) is 0. The Bertz CT molecular complexity index is 467. The SMILES string of the molecule is C#Cc1ccc(C2OCC(C(C)(C)C)C[S+]2[O-])cc1. The van der Waals surface area contributed by atoms with E-state index in [9.17, 15) is 4.55 Å². The summed E-state index contributed by atoms with van der Waals surface area (Å²) in [5.41, 5.74) is 1.60. The maximum atomic E-state index is 12.4. The van der Waals surface area contributed by atoms with Crippen molar-refractivity contribution in [3.05, 3.63) is 35.4 Å². The van der Waals surface area contributed by atoms with E-state index in [4.69, 9.17) is 11.2 Å². The zero-order chi connectivity index (χ0) is 14.0. The van der Waals surface area contributed by atoms with Crippen LogP contribution in [0.4, 0.5) is 0 Å². The van der Waals surface area contributed by atoms with E-state index in [2.05, 4.69) is 26.7 Å². The molecule has 1 aromatic carbocycles. The molecule has 0 spiro atoms. The Morgan fingerprint density at radius 1 is 1.32 bits per heavy atom. The highest BCUT2D eigenvalue weighted by Crippen LogP contribution is 2.37. The van der Waals surface area contributed by atoms with E-state index >= 15 is 0 Å². The minimum atomic E-state index is -0.988. The molecule has 19 heavy (non-hydrogen) atoms. The first kappa shape index (κ1) is 14.5. The summed E-state index contributed by atoms with van der Waals surface area (Å²) in [5, 5.41) is 0. The van der Waals surface area contributed by atoms with Crippen LogP contribution in [0.2, 0.25) is 0 Å². The molecule has 3 unspecified atom stereocenters. The van der Waals surface area contributed by atoms with Gasteiger partial charge in [0.2, 0.25) is 5.44 Å². The quantitative estimate of drug-likeness (QED) is 0.583. The van der Waals surface area contributed by atoms with Crippen LogP contribution in [0.25, 0.3) is 0 Å². The summed E-state index contributed by atoms with van der Waals surface area (Å²) < 4.78 is 18.2. The average molecular weight is 276 g/mol. The predicted molar refractivity (Wildman–Crippen MR) is 79.0 cm³/mol. The Labute approximate surface area is 118 Å². The first-order chi connectivity index (χ1) is 8.91. The van der Waals surface area contributed by atoms with Gasteiger partial charge in [-0.05, 0) is 28.7 Å². The minimum Gasteiger partial charge on any atom is -0.614 e. The molecule has 1 aliphatic rings. The lowest BCUT2D eigenvalue weighted by Crippen LogP contribution is -2.39. The Hall–Kier alpha value is -0.950. The first-order valence-electron chi connectivity index (χ1n) is 6.47. The van der Waals surface area contributed by atoms with Gasteiger partial charge in [-0.1, -0.05) is 38.8 Å². The molecule has 102 valence electrons. The van der Waals surface area contributed by atoms with Crippen molar-refractivity contribution >= 4 is 11.2 Å². The monoisotopic (exact) mass is 276 g/mol. The van der Waals surface area contributed by atoms with E-state index in [1.807, 2.05) is 24.3 Å². The summed E-state index contributed by atoms with van der Waals surface area (Å²) in [5.74, 6) is 3.62. The molecule has 0 aromatic heterocycles. The molecule has 0 aliphatic carbocycles. The second-order valence-corrected chi connectivity index (χ2v) is 7.56. The fraction of sp³-hybridized carbons (Fsp3) is 0.500. The van der Waals surface area contributed by atoms with E-state index in [1.165, 1.54) is 0 Å². The molecule has 0 amide bonds. The van der Waals surface area contributed by atoms with Gasteiger partial charge in [0.25, 0.3) is 0 Å². The predicted octanol–water partition coefficient (Wildman–Crippen LogP) is 3.11. The highest BCUT2D eigenvalue weighted by atomic mass is 32.2. The standard InChI is InChI=1S/C16H20O2S/c1-5-12-6-8-13(9-7-12)15-18-10-14(11-19(15)17)16(2,3)4/h1,6-9,14-15H,10-11H2,2-4H3. The van der Waals surface area contributed by atoms with Gasteiger partial charge in [0.05, 0.1) is 6.61 Å². The second-order valence-electron chi connectivity index (χ2n) is 6.04. The maximum Gasteiger partial charge on any atom is 0.242 e. The van der Waals surface area contributed by atoms with Gasteiger partial charge < -0.3 is 9.29 Å². The van der Waals surface area contributed by atoms with Crippen LogP contribution >= 0.6 is 0 Å². The van der Waals surface area contributed by atoms with Crippen molar-refractivity contribution in [3.63, 3.8) is 0 Å². The van der Waals surface area contributed by atoms with E-state index in [1.54, 1.807) is 0 Å². The van der Waals surface area contributed by atoms with Gasteiger partial charge >= 0.3 is 0 Å². The number of terminal acetylenes is 1. The molecule has 3 heteroatoms. The maximum absolute atomic E-state index is 12.4. The molecule has 2 rings (SSSR count). The Morgan fingerprint density at radius 2 is 1.95 bits per heavy atom. The second kappa shape index (κ2) is 5.58. The van der Waals surface area contributed by atoms with Gasteiger partial charge in [0.1, 0.15) is 5.75 Å². The van der Waals surface area contributed by atoms with Crippen molar-refractivity contribution in [1.29, 1.82) is 0 Å². The molecular formula is C16H20O2S. The fourth-order valence-electron chi connectivity index (χ4n) is 2.10. The minimum absolute atomic E-state index is 0.133. The molecule has 0 N–H and O–H groups in total. The summed E-state index contributed by atoms with van der Waals surface area (Å²) in [4.78, 5) is 0. The van der Waals surface area contributed by atoms with Crippen LogP contribution in [-0.2, 0) is 15.9 Å². The number of benzene rings is 1. The molecule has 1 saturated heterocycles. The third-order valence-corrected chi connectivity index (χ3v) is 5.24. The molecule has 1 heterocycles. The van der Waals surface area contributed by atoms with Crippen LogP contribution in [0.3, 0.4) is 0 Å². The van der Waals surface area contributed by atoms with Crippen LogP contribution < -0.4 is 0 Å². The van der Waals surface area contributed by atoms with Crippen molar-refractivity contribution in [3.8, 4) is 12.3 Å². The van der Waals surface area contributed by atoms with Crippen LogP contribution in [0.15, 0.2) is 24.3 Å². The van der Waals surface area contributed by atoms with Crippen molar-refractivity contribution in [2.24, 2.45) is 11.3 Å². The van der Waals surface area contributed by atoms with Crippen LogP contribution in [0, 0.1) is 23.7 Å². The molecule has 1 fully saturated rings. The van der Waals surface area contributed by atoms with E-state index < -0.39 is 11.2 Å². The molecular weight excluding hydrogens is 256 g/mol. The largest absolute Gasteiger partial charge is 0.614 e. The average Bonchev–Trinajstić information content (AvgIpc) is 2.38. The number of rotatable bonds is 1. The summed E-state index contributed by atoms with van der Waals surface area (Å²) >= 11 is -0.988. The zero-order valence-electron chi connectivity index (χ0n) is 11.7. The molecule has 0 radical (unpaired) electrons. The highest BCUT2D eigenvalue weighted by Gasteiger charge is 2.39. The molecule has 0 bridgehead atoms. The normalized spacial score (nSPS) is 27.8. The zero-order valence-corrected chi connectivity index (χ0v) is 12.5. The van der Waals surface area contributed by atoms with Gasteiger partial charge in [-0.25, -0.2) is 0 Å². The molecule has 0 saturated carbocycles. The summed E-state index contributed by atoms with van der Waals surface area (Å²) in [6.07, 6.45) is 5.33. The highest BCUT2D eigenvalue weighted by molar-refractivity contribution is 7.91. The lowest BCUT2D eigenvalue weighted by Gasteiger charge is -2.37. The molecule has 2 nitrogen and oxygen atoms in total. The fourth-order valence-corrected chi connectivity index (χ4v) is 3.96. The van der Waals surface area contributed by atoms with Crippen molar-refractivity contribution < 1.29 is 9.29 Å². The first-order valence-corrected chi connectivity index (χ1v) is 7.85. The van der Waals surface area contributed by atoms with Crippen LogP contribution in [-0.4, -0.2) is 16.9 Å². The van der Waals surface area contributed by atoms with Crippen LogP contribution in [0.1, 0.15) is 37.3 Å². The van der Waals surface area contributed by atoms with Crippen molar-refractivity contribution in [2.45, 2.75) is 26.2 Å². The van der Waals surface area contributed by atoms with E-state index in [0.29, 0.717) is 18.3 Å². The molecule has 3 atom stereocenters. The number of ether oxygens (including phenoxy) is 1. The topological polar surface area (TPSA) is 32.3 Å². The van der Waals surface area contributed by atoms with Crippen molar-refractivity contribution in [1.82, 2.24) is 0 Å². The number of hydrogen-bond donors (Lipinski definition) is 0. The van der Waals surface area contributed by atoms with Gasteiger partial charge in [-0.2, -0.15) is 0 Å². The van der Waals surface area contributed by atoms with Gasteiger partial charge in [0.15, 0.2) is 0 Å². The van der Waals surface area contributed by atoms with E-state index in [-0.39, 0.29) is 10.9 Å². The number of hydrogen-bond acceptors (Lipinski definition) is 2. The van der Waals surface area contributed by atoms with E-state index in [0.717, 1.165) is 11.1 Å². The van der Waals surface area contributed by atoms with Crippen LogP contribution in [0.5, 0.6) is 0 Å². The summed E-state index contributed by atoms with van der Waals surface area (Å²) in [6.45, 7) is 7.16. The summed E-state index contributed by atoms with van der Waals surface area (Å²) in [6, 6.07) is 7.56. The Morgan fingerprint density at radius 3 is 2.42 bits per heavy atom.